The highest BCUT2D eigenvalue weighted by Crippen LogP contribution is 2.30. The van der Waals surface area contributed by atoms with Crippen LogP contribution in [0.15, 0.2) is 18.3 Å². The van der Waals surface area contributed by atoms with E-state index in [0.717, 1.165) is 32.1 Å². The molecule has 2 atom stereocenters. The van der Waals surface area contributed by atoms with Gasteiger partial charge in [-0.15, -0.1) is 0 Å². The van der Waals surface area contributed by atoms with Crippen molar-refractivity contribution in [3.05, 3.63) is 18.3 Å². The Morgan fingerprint density at radius 3 is 2.33 bits per heavy atom. The van der Waals surface area contributed by atoms with E-state index in [-0.39, 0.29) is 29.7 Å². The third-order valence-corrected chi connectivity index (χ3v) is 4.07. The summed E-state index contributed by atoms with van der Waals surface area (Å²) >= 11 is 0. The lowest BCUT2D eigenvalue weighted by Crippen LogP contribution is -2.23. The Labute approximate surface area is 123 Å². The van der Waals surface area contributed by atoms with Gasteiger partial charge in [-0.2, -0.15) is 0 Å². The molecule has 1 heterocycles. The van der Waals surface area contributed by atoms with E-state index in [1.165, 1.54) is 0 Å². The summed E-state index contributed by atoms with van der Waals surface area (Å²) in [6, 6.07) is 3.59. The standard InChI is InChI=1S/C15H20N4O2/c16-11-4-3-10(7-11)15(21)18-12-5-6-13(17-8-12)19-14(20)9-1-2-9/h5-6,8-11H,1-4,7,16H2,(H,18,21)(H,17,19,20). The first-order chi connectivity index (χ1) is 10.1. The molecule has 0 bridgehead atoms. The van der Waals surface area contributed by atoms with Crippen LogP contribution < -0.4 is 16.4 Å². The topological polar surface area (TPSA) is 97.1 Å². The molecule has 2 amide bonds. The SMILES string of the molecule is NC1CCC(C(=O)Nc2ccc(NC(=O)C3CC3)nc2)C1. The van der Waals surface area contributed by atoms with Crippen LogP contribution in [0.2, 0.25) is 0 Å². The van der Waals surface area contributed by atoms with Gasteiger partial charge in [0.1, 0.15) is 5.82 Å². The van der Waals surface area contributed by atoms with E-state index in [1.807, 2.05) is 0 Å². The number of aromatic nitrogens is 1. The maximum Gasteiger partial charge on any atom is 0.228 e. The number of hydrogen-bond donors (Lipinski definition) is 3. The van der Waals surface area contributed by atoms with Gasteiger partial charge < -0.3 is 16.4 Å². The molecule has 2 saturated carbocycles. The molecule has 2 fully saturated rings. The van der Waals surface area contributed by atoms with Crippen LogP contribution in [0.25, 0.3) is 0 Å². The molecule has 1 aromatic heterocycles. The van der Waals surface area contributed by atoms with Gasteiger partial charge in [-0.1, -0.05) is 0 Å². The molecule has 112 valence electrons. The van der Waals surface area contributed by atoms with Crippen molar-refractivity contribution in [1.82, 2.24) is 4.98 Å². The van der Waals surface area contributed by atoms with Gasteiger partial charge in [-0.05, 0) is 44.2 Å². The Morgan fingerprint density at radius 2 is 1.76 bits per heavy atom. The molecule has 6 nitrogen and oxygen atoms in total. The number of hydrogen-bond acceptors (Lipinski definition) is 4. The molecule has 1 aromatic rings. The Hall–Kier alpha value is -1.95. The van der Waals surface area contributed by atoms with Crippen LogP contribution in [0.3, 0.4) is 0 Å². The molecular formula is C15H20N4O2. The lowest BCUT2D eigenvalue weighted by atomic mass is 10.1. The molecule has 4 N–H and O–H groups in total. The maximum atomic E-state index is 12.1. The first-order valence-corrected chi connectivity index (χ1v) is 7.45. The van der Waals surface area contributed by atoms with Crippen molar-refractivity contribution in [1.29, 1.82) is 0 Å². The van der Waals surface area contributed by atoms with Crippen LogP contribution in [-0.2, 0) is 9.59 Å². The zero-order valence-electron chi connectivity index (χ0n) is 11.8. The first-order valence-electron chi connectivity index (χ1n) is 7.45. The number of anilines is 2. The number of amides is 2. The second-order valence-electron chi connectivity index (χ2n) is 5.95. The number of carbonyl (C=O) groups is 2. The molecule has 2 aliphatic rings. The maximum absolute atomic E-state index is 12.1. The second-order valence-corrected chi connectivity index (χ2v) is 5.95. The van der Waals surface area contributed by atoms with Crippen molar-refractivity contribution in [3.63, 3.8) is 0 Å². The molecule has 6 heteroatoms. The Morgan fingerprint density at radius 1 is 1.05 bits per heavy atom. The van der Waals surface area contributed by atoms with Crippen molar-refractivity contribution in [2.75, 3.05) is 10.6 Å². The molecule has 2 unspecified atom stereocenters. The Kier molecular flexibility index (Phi) is 3.88. The number of nitrogens with zero attached hydrogens (tertiary/aromatic N) is 1. The first kappa shape index (κ1) is 14.0. The highest BCUT2D eigenvalue weighted by molar-refractivity contribution is 5.94. The van der Waals surface area contributed by atoms with Gasteiger partial charge in [0.2, 0.25) is 11.8 Å². The fraction of sp³-hybridized carbons (Fsp3) is 0.533. The Bertz CT molecular complexity index is 539. The predicted molar refractivity (Wildman–Crippen MR) is 79.5 cm³/mol. The van der Waals surface area contributed by atoms with Crippen molar-refractivity contribution < 1.29 is 9.59 Å². The van der Waals surface area contributed by atoms with Gasteiger partial charge in [-0.25, -0.2) is 4.98 Å². The van der Waals surface area contributed by atoms with E-state index in [0.29, 0.717) is 11.5 Å². The van der Waals surface area contributed by atoms with Crippen LogP contribution in [0.1, 0.15) is 32.1 Å². The molecule has 0 saturated heterocycles. The van der Waals surface area contributed by atoms with E-state index < -0.39 is 0 Å². The molecular weight excluding hydrogens is 268 g/mol. The minimum atomic E-state index is -0.00533. The van der Waals surface area contributed by atoms with Gasteiger partial charge in [-0.3, -0.25) is 9.59 Å². The highest BCUT2D eigenvalue weighted by atomic mass is 16.2. The number of nitrogens with one attached hydrogen (secondary N) is 2. The summed E-state index contributed by atoms with van der Waals surface area (Å²) in [5.74, 6) is 0.693. The predicted octanol–water partition coefficient (Wildman–Crippen LogP) is 1.50. The van der Waals surface area contributed by atoms with Crippen molar-refractivity contribution in [2.24, 2.45) is 17.6 Å². The largest absolute Gasteiger partial charge is 0.328 e. The highest BCUT2D eigenvalue weighted by Gasteiger charge is 2.30. The monoisotopic (exact) mass is 288 g/mol. The fourth-order valence-corrected chi connectivity index (χ4v) is 2.61. The van der Waals surface area contributed by atoms with Crippen molar-refractivity contribution in [2.45, 2.75) is 38.1 Å². The molecule has 0 aromatic carbocycles. The second kappa shape index (κ2) is 5.81. The normalized spacial score (nSPS) is 24.6. The fourth-order valence-electron chi connectivity index (χ4n) is 2.61. The number of rotatable bonds is 4. The lowest BCUT2D eigenvalue weighted by molar-refractivity contribution is -0.119. The van der Waals surface area contributed by atoms with Gasteiger partial charge in [0, 0.05) is 17.9 Å². The van der Waals surface area contributed by atoms with Crippen LogP contribution in [0.5, 0.6) is 0 Å². The van der Waals surface area contributed by atoms with E-state index in [9.17, 15) is 9.59 Å². The van der Waals surface area contributed by atoms with Crippen LogP contribution in [0, 0.1) is 11.8 Å². The number of nitrogens with two attached hydrogens (primary N) is 1. The van der Waals surface area contributed by atoms with Gasteiger partial charge in [0.15, 0.2) is 0 Å². The van der Waals surface area contributed by atoms with Crippen LogP contribution >= 0.6 is 0 Å². The summed E-state index contributed by atoms with van der Waals surface area (Å²) in [5.41, 5.74) is 6.46. The average molecular weight is 288 g/mol. The number of pyridine rings is 1. The molecule has 0 aliphatic heterocycles. The third kappa shape index (κ3) is 3.58. The summed E-state index contributed by atoms with van der Waals surface area (Å²) in [5, 5.41) is 5.62. The van der Waals surface area contributed by atoms with Crippen molar-refractivity contribution in [3.8, 4) is 0 Å². The smallest absolute Gasteiger partial charge is 0.228 e. The molecule has 0 radical (unpaired) electrons. The molecule has 2 aliphatic carbocycles. The third-order valence-electron chi connectivity index (χ3n) is 4.07. The van der Waals surface area contributed by atoms with Crippen LogP contribution in [0.4, 0.5) is 11.5 Å². The summed E-state index contributed by atoms with van der Waals surface area (Å²) in [4.78, 5) is 27.8. The average Bonchev–Trinajstić information content (AvgIpc) is 3.23. The number of carbonyl (C=O) groups excluding carboxylic acids is 2. The van der Waals surface area contributed by atoms with Crippen LogP contribution in [-0.4, -0.2) is 22.8 Å². The summed E-state index contributed by atoms with van der Waals surface area (Å²) in [6.07, 6.45) is 5.98. The zero-order chi connectivity index (χ0) is 14.8. The van der Waals surface area contributed by atoms with E-state index in [1.54, 1.807) is 18.3 Å². The minimum Gasteiger partial charge on any atom is -0.328 e. The van der Waals surface area contributed by atoms with Crippen molar-refractivity contribution >= 4 is 23.3 Å². The van der Waals surface area contributed by atoms with Gasteiger partial charge in [0.05, 0.1) is 11.9 Å². The van der Waals surface area contributed by atoms with Gasteiger partial charge in [0.25, 0.3) is 0 Å². The quantitative estimate of drug-likeness (QED) is 0.782. The van der Waals surface area contributed by atoms with Gasteiger partial charge >= 0.3 is 0 Å². The summed E-state index contributed by atoms with van der Waals surface area (Å²) in [6.45, 7) is 0. The summed E-state index contributed by atoms with van der Waals surface area (Å²) in [7, 11) is 0. The Balaban J connectivity index is 1.54. The zero-order valence-corrected chi connectivity index (χ0v) is 11.8. The molecule has 21 heavy (non-hydrogen) atoms. The van der Waals surface area contributed by atoms with E-state index in [4.69, 9.17) is 5.73 Å². The van der Waals surface area contributed by atoms with E-state index in [2.05, 4.69) is 15.6 Å². The lowest BCUT2D eigenvalue weighted by Gasteiger charge is -2.11. The van der Waals surface area contributed by atoms with E-state index >= 15 is 0 Å². The molecule has 3 rings (SSSR count). The molecule has 0 spiro atoms. The summed E-state index contributed by atoms with van der Waals surface area (Å²) < 4.78 is 0. The minimum absolute atomic E-state index is 0.000448.